The van der Waals surface area contributed by atoms with E-state index in [0.717, 1.165) is 43.9 Å². The first-order valence-electron chi connectivity index (χ1n) is 5.97. The van der Waals surface area contributed by atoms with Crippen LogP contribution in [0.2, 0.25) is 0 Å². The number of piperazine rings is 1. The lowest BCUT2D eigenvalue weighted by molar-refractivity contribution is 0.101. The Morgan fingerprint density at radius 3 is 2.94 bits per heavy atom. The van der Waals surface area contributed by atoms with Crippen molar-refractivity contribution >= 4 is 12.1 Å². The molecule has 0 atom stereocenters. The summed E-state index contributed by atoms with van der Waals surface area (Å²) in [5, 5.41) is 3.33. The lowest BCUT2D eigenvalue weighted by atomic mass is 10.1. The second kappa shape index (κ2) is 4.39. The first-order chi connectivity index (χ1) is 8.33. The summed E-state index contributed by atoms with van der Waals surface area (Å²) in [7, 11) is 0. The summed E-state index contributed by atoms with van der Waals surface area (Å²) in [6, 6.07) is 6.06. The van der Waals surface area contributed by atoms with E-state index in [4.69, 9.17) is 0 Å². The quantitative estimate of drug-likeness (QED) is 0.810. The van der Waals surface area contributed by atoms with E-state index >= 15 is 0 Å². The van der Waals surface area contributed by atoms with Crippen LogP contribution in [0.25, 0.3) is 0 Å². The van der Waals surface area contributed by atoms with Crippen LogP contribution in [0, 0.1) is 0 Å². The first kappa shape index (κ1) is 10.6. The van der Waals surface area contributed by atoms with Crippen molar-refractivity contribution in [2.24, 2.45) is 4.99 Å². The molecule has 2 aliphatic rings. The maximum Gasteiger partial charge on any atom is 0.277 e. The molecule has 0 bridgehead atoms. The Morgan fingerprint density at radius 2 is 2.12 bits per heavy atom. The Kier molecular flexibility index (Phi) is 2.74. The number of carbonyl (C=O) groups is 1. The lowest BCUT2D eigenvalue weighted by Gasteiger charge is -2.27. The largest absolute Gasteiger partial charge is 0.314 e. The highest BCUT2D eigenvalue weighted by atomic mass is 16.1. The van der Waals surface area contributed by atoms with Crippen molar-refractivity contribution in [3.8, 4) is 0 Å². The molecule has 17 heavy (non-hydrogen) atoms. The van der Waals surface area contributed by atoms with Crippen molar-refractivity contribution < 1.29 is 4.79 Å². The molecule has 1 aromatic carbocycles. The average molecular weight is 229 g/mol. The highest BCUT2D eigenvalue weighted by Crippen LogP contribution is 2.17. The number of hydrogen-bond acceptors (Lipinski definition) is 3. The third-order valence-electron chi connectivity index (χ3n) is 3.28. The number of nitrogens with zero attached hydrogens (tertiary/aromatic N) is 2. The first-order valence-corrected chi connectivity index (χ1v) is 5.97. The summed E-state index contributed by atoms with van der Waals surface area (Å²) < 4.78 is 0. The van der Waals surface area contributed by atoms with Gasteiger partial charge in [0.25, 0.3) is 5.91 Å². The van der Waals surface area contributed by atoms with Gasteiger partial charge in [0.15, 0.2) is 0 Å². The monoisotopic (exact) mass is 229 g/mol. The molecule has 2 heterocycles. The zero-order chi connectivity index (χ0) is 11.7. The number of rotatable bonds is 2. The summed E-state index contributed by atoms with van der Waals surface area (Å²) in [4.78, 5) is 17.7. The molecule has 3 rings (SSSR count). The maximum atomic E-state index is 11.5. The Labute approximate surface area is 100 Å². The highest BCUT2D eigenvalue weighted by molar-refractivity contribution is 6.12. The Hall–Kier alpha value is -1.52. The predicted octanol–water partition coefficient (Wildman–Crippen LogP) is 0.664. The van der Waals surface area contributed by atoms with Crippen LogP contribution in [0.15, 0.2) is 23.2 Å². The van der Waals surface area contributed by atoms with E-state index in [1.54, 1.807) is 6.21 Å². The summed E-state index contributed by atoms with van der Waals surface area (Å²) in [5.41, 5.74) is 2.89. The van der Waals surface area contributed by atoms with Gasteiger partial charge in [-0.15, -0.1) is 0 Å². The molecular weight excluding hydrogens is 214 g/mol. The molecule has 0 aromatic heterocycles. The molecule has 1 saturated heterocycles. The zero-order valence-electron chi connectivity index (χ0n) is 9.65. The number of amides is 1. The van der Waals surface area contributed by atoms with Crippen LogP contribution in [-0.4, -0.2) is 43.2 Å². The van der Waals surface area contributed by atoms with Crippen molar-refractivity contribution in [2.75, 3.05) is 26.2 Å². The minimum Gasteiger partial charge on any atom is -0.314 e. The van der Waals surface area contributed by atoms with Crippen molar-refractivity contribution in [1.29, 1.82) is 0 Å². The summed E-state index contributed by atoms with van der Waals surface area (Å²) in [5.74, 6) is -0.109. The highest BCUT2D eigenvalue weighted by Gasteiger charge is 2.16. The standard InChI is InChI=1S/C13H15N3O/c17-13-12-7-10(1-2-11(12)8-15-13)9-16-5-3-14-4-6-16/h1-2,7-8,14H,3-6,9H2. The van der Waals surface area contributed by atoms with Crippen molar-refractivity contribution in [3.05, 3.63) is 34.9 Å². The zero-order valence-corrected chi connectivity index (χ0v) is 9.65. The van der Waals surface area contributed by atoms with E-state index in [2.05, 4.69) is 21.3 Å². The predicted molar refractivity (Wildman–Crippen MR) is 66.5 cm³/mol. The Balaban J connectivity index is 1.76. The van der Waals surface area contributed by atoms with E-state index in [9.17, 15) is 4.79 Å². The molecule has 0 spiro atoms. The molecule has 0 aliphatic carbocycles. The fraction of sp³-hybridized carbons (Fsp3) is 0.385. The minimum absolute atomic E-state index is 0.109. The van der Waals surface area contributed by atoms with E-state index in [1.807, 2.05) is 12.1 Å². The third-order valence-corrected chi connectivity index (χ3v) is 3.28. The Bertz CT molecular complexity index is 476. The SMILES string of the molecule is O=C1N=Cc2ccc(CN3CCNCC3)cc21. The number of benzene rings is 1. The number of aliphatic imine (C=N–C) groups is 1. The van der Waals surface area contributed by atoms with Gasteiger partial charge >= 0.3 is 0 Å². The molecule has 0 radical (unpaired) electrons. The molecule has 88 valence electrons. The van der Waals surface area contributed by atoms with Crippen LogP contribution >= 0.6 is 0 Å². The molecule has 1 amide bonds. The van der Waals surface area contributed by atoms with E-state index in [0.29, 0.717) is 0 Å². The van der Waals surface area contributed by atoms with Gasteiger partial charge in [0.1, 0.15) is 0 Å². The van der Waals surface area contributed by atoms with Gasteiger partial charge in [0.05, 0.1) is 5.56 Å². The molecule has 1 aromatic rings. The summed E-state index contributed by atoms with van der Waals surface area (Å²) in [6.45, 7) is 5.16. The number of carbonyl (C=O) groups excluding carboxylic acids is 1. The fourth-order valence-electron chi connectivity index (χ4n) is 2.32. The fourth-order valence-corrected chi connectivity index (χ4v) is 2.32. The molecule has 1 fully saturated rings. The van der Waals surface area contributed by atoms with Gasteiger partial charge in [-0.05, 0) is 11.6 Å². The van der Waals surface area contributed by atoms with Crippen LogP contribution < -0.4 is 5.32 Å². The maximum absolute atomic E-state index is 11.5. The smallest absolute Gasteiger partial charge is 0.277 e. The van der Waals surface area contributed by atoms with Crippen molar-refractivity contribution in [2.45, 2.75) is 6.54 Å². The Morgan fingerprint density at radius 1 is 1.29 bits per heavy atom. The lowest BCUT2D eigenvalue weighted by Crippen LogP contribution is -2.42. The van der Waals surface area contributed by atoms with Crippen molar-refractivity contribution in [1.82, 2.24) is 10.2 Å². The van der Waals surface area contributed by atoms with Crippen LogP contribution in [0.3, 0.4) is 0 Å². The second-order valence-corrected chi connectivity index (χ2v) is 4.51. The van der Waals surface area contributed by atoms with Gasteiger partial charge < -0.3 is 5.32 Å². The molecule has 1 N–H and O–H groups in total. The van der Waals surface area contributed by atoms with Crippen LogP contribution in [-0.2, 0) is 6.54 Å². The summed E-state index contributed by atoms with van der Waals surface area (Å²) in [6.07, 6.45) is 1.65. The van der Waals surface area contributed by atoms with Crippen molar-refractivity contribution in [3.63, 3.8) is 0 Å². The molecule has 4 heteroatoms. The second-order valence-electron chi connectivity index (χ2n) is 4.51. The van der Waals surface area contributed by atoms with Gasteiger partial charge in [-0.3, -0.25) is 9.69 Å². The average Bonchev–Trinajstić information content (AvgIpc) is 2.73. The van der Waals surface area contributed by atoms with E-state index in [1.165, 1.54) is 5.56 Å². The van der Waals surface area contributed by atoms with E-state index in [-0.39, 0.29) is 5.91 Å². The number of hydrogen-bond donors (Lipinski definition) is 1. The van der Waals surface area contributed by atoms with Gasteiger partial charge in [0, 0.05) is 44.5 Å². The normalized spacial score (nSPS) is 19.6. The summed E-state index contributed by atoms with van der Waals surface area (Å²) >= 11 is 0. The molecule has 0 unspecified atom stereocenters. The number of fused-ring (bicyclic) bond motifs is 1. The number of nitrogens with one attached hydrogen (secondary N) is 1. The minimum atomic E-state index is -0.109. The molecule has 4 nitrogen and oxygen atoms in total. The topological polar surface area (TPSA) is 44.7 Å². The van der Waals surface area contributed by atoms with Crippen LogP contribution in [0.4, 0.5) is 0 Å². The van der Waals surface area contributed by atoms with Crippen LogP contribution in [0.5, 0.6) is 0 Å². The van der Waals surface area contributed by atoms with Gasteiger partial charge in [-0.1, -0.05) is 12.1 Å². The third kappa shape index (κ3) is 2.14. The molecular formula is C13H15N3O. The van der Waals surface area contributed by atoms with E-state index < -0.39 is 0 Å². The molecule has 0 saturated carbocycles. The van der Waals surface area contributed by atoms with Crippen LogP contribution in [0.1, 0.15) is 21.5 Å². The van der Waals surface area contributed by atoms with Gasteiger partial charge in [0.2, 0.25) is 0 Å². The van der Waals surface area contributed by atoms with Gasteiger partial charge in [-0.25, -0.2) is 4.99 Å². The molecule has 2 aliphatic heterocycles. The van der Waals surface area contributed by atoms with Gasteiger partial charge in [-0.2, -0.15) is 0 Å².